The van der Waals surface area contributed by atoms with E-state index >= 15 is 0 Å². The lowest BCUT2D eigenvalue weighted by atomic mass is 9.99. The zero-order chi connectivity index (χ0) is 16.8. The average Bonchev–Trinajstić information content (AvgIpc) is 3.11. The van der Waals surface area contributed by atoms with Gasteiger partial charge in [0.2, 0.25) is 0 Å². The van der Waals surface area contributed by atoms with Crippen LogP contribution in [0.15, 0.2) is 47.1 Å². The summed E-state index contributed by atoms with van der Waals surface area (Å²) >= 11 is 0. The van der Waals surface area contributed by atoms with E-state index in [1.54, 1.807) is 6.07 Å². The lowest BCUT2D eigenvalue weighted by Gasteiger charge is -2.29. The quantitative estimate of drug-likeness (QED) is 0.854. The van der Waals surface area contributed by atoms with E-state index in [1.807, 2.05) is 35.2 Å². The molecule has 136 valence electrons. The standard InChI is InChI=1S/C19H24N2O3.ClH/c20-11-18-10-17(14-24-18)19(22)21(12-15-4-2-1-3-5-15)13-16-6-8-23-9-7-16;/h1-5,10,14,16H,6-9,11-13,20H2;1H. The number of nitrogens with zero attached hydrogens (tertiary/aromatic N) is 1. The first-order chi connectivity index (χ1) is 11.8. The van der Waals surface area contributed by atoms with Gasteiger partial charge in [-0.1, -0.05) is 30.3 Å². The Hall–Kier alpha value is -1.82. The summed E-state index contributed by atoms with van der Waals surface area (Å²) < 4.78 is 10.8. The summed E-state index contributed by atoms with van der Waals surface area (Å²) in [4.78, 5) is 14.9. The molecule has 0 radical (unpaired) electrons. The van der Waals surface area contributed by atoms with Gasteiger partial charge >= 0.3 is 0 Å². The summed E-state index contributed by atoms with van der Waals surface area (Å²) in [6.45, 7) is 3.19. The molecule has 0 atom stereocenters. The van der Waals surface area contributed by atoms with E-state index in [1.165, 1.54) is 6.26 Å². The molecular formula is C19H25ClN2O3. The third-order valence-corrected chi connectivity index (χ3v) is 4.42. The van der Waals surface area contributed by atoms with Crippen LogP contribution < -0.4 is 5.73 Å². The number of nitrogens with two attached hydrogens (primary N) is 1. The summed E-state index contributed by atoms with van der Waals surface area (Å²) in [6.07, 6.45) is 3.50. The van der Waals surface area contributed by atoms with E-state index in [0.717, 1.165) is 38.2 Å². The predicted octanol–water partition coefficient (Wildman–Crippen LogP) is 3.23. The summed E-state index contributed by atoms with van der Waals surface area (Å²) in [7, 11) is 0. The number of hydrogen-bond acceptors (Lipinski definition) is 4. The van der Waals surface area contributed by atoms with E-state index in [9.17, 15) is 4.79 Å². The molecule has 0 saturated carbocycles. The maximum atomic E-state index is 12.9. The fourth-order valence-electron chi connectivity index (χ4n) is 3.05. The molecule has 5 nitrogen and oxygen atoms in total. The number of furan rings is 1. The van der Waals surface area contributed by atoms with Crippen molar-refractivity contribution in [3.63, 3.8) is 0 Å². The smallest absolute Gasteiger partial charge is 0.257 e. The molecule has 2 N–H and O–H groups in total. The van der Waals surface area contributed by atoms with Crippen molar-refractivity contribution in [1.29, 1.82) is 0 Å². The van der Waals surface area contributed by atoms with Gasteiger partial charge in [0.25, 0.3) is 5.91 Å². The number of amides is 1. The molecule has 1 amide bonds. The minimum absolute atomic E-state index is 0. The number of ether oxygens (including phenoxy) is 1. The van der Waals surface area contributed by atoms with E-state index < -0.39 is 0 Å². The van der Waals surface area contributed by atoms with Crippen LogP contribution in [0.4, 0.5) is 0 Å². The molecule has 1 aliphatic heterocycles. The molecule has 25 heavy (non-hydrogen) atoms. The van der Waals surface area contributed by atoms with Crippen LogP contribution in [0.3, 0.4) is 0 Å². The maximum absolute atomic E-state index is 12.9. The van der Waals surface area contributed by atoms with Crippen molar-refractivity contribution in [1.82, 2.24) is 4.90 Å². The topological polar surface area (TPSA) is 68.7 Å². The van der Waals surface area contributed by atoms with Gasteiger partial charge in [0.05, 0.1) is 12.1 Å². The van der Waals surface area contributed by atoms with Crippen LogP contribution in [-0.4, -0.2) is 30.6 Å². The molecule has 0 bridgehead atoms. The minimum Gasteiger partial charge on any atom is -0.467 e. The number of carbonyl (C=O) groups is 1. The first-order valence-corrected chi connectivity index (χ1v) is 8.44. The van der Waals surface area contributed by atoms with Crippen molar-refractivity contribution >= 4 is 18.3 Å². The Bertz CT molecular complexity index is 654. The Morgan fingerprint density at radius 3 is 2.56 bits per heavy atom. The number of halogens is 1. The van der Waals surface area contributed by atoms with Gasteiger partial charge in [0.15, 0.2) is 0 Å². The van der Waals surface area contributed by atoms with Crippen LogP contribution in [0.5, 0.6) is 0 Å². The Morgan fingerprint density at radius 2 is 1.92 bits per heavy atom. The van der Waals surface area contributed by atoms with Crippen molar-refractivity contribution in [2.75, 3.05) is 19.8 Å². The highest BCUT2D eigenvalue weighted by atomic mass is 35.5. The van der Waals surface area contributed by atoms with Crippen molar-refractivity contribution in [3.05, 3.63) is 59.5 Å². The largest absolute Gasteiger partial charge is 0.467 e. The maximum Gasteiger partial charge on any atom is 0.257 e. The Morgan fingerprint density at radius 1 is 1.20 bits per heavy atom. The van der Waals surface area contributed by atoms with Crippen LogP contribution in [0.25, 0.3) is 0 Å². The summed E-state index contributed by atoms with van der Waals surface area (Å²) in [6, 6.07) is 11.8. The normalized spacial score (nSPS) is 14.8. The second-order valence-corrected chi connectivity index (χ2v) is 6.23. The molecular weight excluding hydrogens is 340 g/mol. The number of hydrogen-bond donors (Lipinski definition) is 1. The van der Waals surface area contributed by atoms with E-state index in [4.69, 9.17) is 14.9 Å². The first-order valence-electron chi connectivity index (χ1n) is 8.44. The molecule has 0 unspecified atom stereocenters. The average molecular weight is 365 g/mol. The second kappa shape index (κ2) is 9.61. The summed E-state index contributed by atoms with van der Waals surface area (Å²) in [5.74, 6) is 1.10. The minimum atomic E-state index is -0.00575. The molecule has 2 heterocycles. The van der Waals surface area contributed by atoms with Gasteiger partial charge in [0, 0.05) is 26.3 Å². The third kappa shape index (κ3) is 5.33. The molecule has 1 saturated heterocycles. The lowest BCUT2D eigenvalue weighted by Crippen LogP contribution is -2.36. The predicted molar refractivity (Wildman–Crippen MR) is 98.6 cm³/mol. The highest BCUT2D eigenvalue weighted by Gasteiger charge is 2.23. The number of rotatable bonds is 6. The fourth-order valence-corrected chi connectivity index (χ4v) is 3.05. The highest BCUT2D eigenvalue weighted by Crippen LogP contribution is 2.20. The molecule has 6 heteroatoms. The first kappa shape index (κ1) is 19.5. The van der Waals surface area contributed by atoms with Crippen LogP contribution in [-0.2, 0) is 17.8 Å². The zero-order valence-corrected chi connectivity index (χ0v) is 15.0. The van der Waals surface area contributed by atoms with Crippen molar-refractivity contribution < 1.29 is 13.9 Å². The van der Waals surface area contributed by atoms with E-state index in [0.29, 0.717) is 30.3 Å². The highest BCUT2D eigenvalue weighted by molar-refractivity contribution is 5.94. The number of benzene rings is 1. The lowest BCUT2D eigenvalue weighted by molar-refractivity contribution is 0.0445. The van der Waals surface area contributed by atoms with Crippen LogP contribution in [0.2, 0.25) is 0 Å². The summed E-state index contributed by atoms with van der Waals surface area (Å²) in [5, 5.41) is 0. The van der Waals surface area contributed by atoms with Crippen LogP contribution >= 0.6 is 12.4 Å². The zero-order valence-electron chi connectivity index (χ0n) is 14.2. The SMILES string of the molecule is Cl.NCc1cc(C(=O)N(Cc2ccccc2)CC2CCOCC2)co1. The van der Waals surface area contributed by atoms with Gasteiger partial charge < -0.3 is 19.8 Å². The molecule has 1 fully saturated rings. The van der Waals surface area contributed by atoms with Gasteiger partial charge in [-0.2, -0.15) is 0 Å². The van der Waals surface area contributed by atoms with Gasteiger partial charge in [-0.25, -0.2) is 0 Å². The van der Waals surface area contributed by atoms with Crippen molar-refractivity contribution in [2.45, 2.75) is 25.9 Å². The van der Waals surface area contributed by atoms with Gasteiger partial charge in [0.1, 0.15) is 12.0 Å². The summed E-state index contributed by atoms with van der Waals surface area (Å²) in [5.41, 5.74) is 7.27. The van der Waals surface area contributed by atoms with E-state index in [2.05, 4.69) is 0 Å². The Balaban J connectivity index is 0.00000225. The van der Waals surface area contributed by atoms with Gasteiger partial charge in [-0.15, -0.1) is 12.4 Å². The van der Waals surface area contributed by atoms with Crippen molar-refractivity contribution in [3.8, 4) is 0 Å². The molecule has 1 aromatic carbocycles. The molecule has 1 aromatic heterocycles. The van der Waals surface area contributed by atoms with Crippen molar-refractivity contribution in [2.24, 2.45) is 11.7 Å². The van der Waals surface area contributed by atoms with Gasteiger partial charge in [-0.3, -0.25) is 4.79 Å². The monoisotopic (exact) mass is 364 g/mol. The fraction of sp³-hybridized carbons (Fsp3) is 0.421. The molecule has 1 aliphatic rings. The Labute approximate surface area is 154 Å². The van der Waals surface area contributed by atoms with Crippen LogP contribution in [0.1, 0.15) is 34.5 Å². The molecule has 2 aromatic rings. The third-order valence-electron chi connectivity index (χ3n) is 4.42. The number of carbonyl (C=O) groups excluding carboxylic acids is 1. The molecule has 0 aliphatic carbocycles. The van der Waals surface area contributed by atoms with Gasteiger partial charge in [-0.05, 0) is 30.4 Å². The Kier molecular flexibility index (Phi) is 7.50. The van der Waals surface area contributed by atoms with E-state index in [-0.39, 0.29) is 18.3 Å². The molecule has 3 rings (SSSR count). The van der Waals surface area contributed by atoms with Crippen LogP contribution in [0, 0.1) is 5.92 Å². The molecule has 0 spiro atoms. The second-order valence-electron chi connectivity index (χ2n) is 6.23.